The number of aryl methyl sites for hydroxylation is 1. The number of hydrazone groups is 1. The first kappa shape index (κ1) is 25.0. The van der Waals surface area contributed by atoms with Crippen LogP contribution in [0, 0.1) is 6.92 Å². The van der Waals surface area contributed by atoms with Gasteiger partial charge in [-0.1, -0.05) is 64.9 Å². The predicted molar refractivity (Wildman–Crippen MR) is 141 cm³/mol. The Morgan fingerprint density at radius 1 is 1.03 bits per heavy atom. The van der Waals surface area contributed by atoms with Crippen molar-refractivity contribution in [1.29, 1.82) is 0 Å². The van der Waals surface area contributed by atoms with Gasteiger partial charge in [0.15, 0.2) is 0 Å². The minimum Gasteiger partial charge on any atom is -0.488 e. The van der Waals surface area contributed by atoms with Crippen molar-refractivity contribution in [3.63, 3.8) is 0 Å². The second kappa shape index (κ2) is 12.1. The van der Waals surface area contributed by atoms with Crippen molar-refractivity contribution in [3.05, 3.63) is 105 Å². The molecular weight excluding hydrogens is 498 g/mol. The highest BCUT2D eigenvalue weighted by Gasteiger charge is 2.12. The first-order valence-corrected chi connectivity index (χ1v) is 12.1. The first-order valence-electron chi connectivity index (χ1n) is 10.9. The molecule has 0 radical (unpaired) electrons. The number of aromatic nitrogens is 2. The summed E-state index contributed by atoms with van der Waals surface area (Å²) in [5, 5.41) is 16.1. The second-order valence-electron chi connectivity index (χ2n) is 7.74. The standard InChI is InChI=1S/C26H22ClN5O3S/c1-17-6-10-19(11-7-17)25(34)29-26-32-31-24(36-26)14-23(33)30-28-15-20-4-2-3-5-22(20)35-16-18-8-12-21(27)13-9-18/h2-13,15H,14,16H2,1H3,(H,30,33)(H,29,32,34)/b28-15+. The van der Waals surface area contributed by atoms with E-state index in [4.69, 9.17) is 16.3 Å². The van der Waals surface area contributed by atoms with E-state index >= 15 is 0 Å². The smallest absolute Gasteiger partial charge is 0.257 e. The fourth-order valence-corrected chi connectivity index (χ4v) is 3.92. The molecule has 2 amide bonds. The Bertz CT molecular complexity index is 1370. The Morgan fingerprint density at radius 3 is 2.56 bits per heavy atom. The third kappa shape index (κ3) is 7.21. The van der Waals surface area contributed by atoms with E-state index in [0.717, 1.165) is 22.5 Å². The molecule has 0 fully saturated rings. The molecule has 0 aliphatic carbocycles. The van der Waals surface area contributed by atoms with Crippen LogP contribution in [0.2, 0.25) is 5.02 Å². The van der Waals surface area contributed by atoms with Gasteiger partial charge in [0.25, 0.3) is 5.91 Å². The zero-order valence-corrected chi connectivity index (χ0v) is 20.8. The molecule has 4 aromatic rings. The summed E-state index contributed by atoms with van der Waals surface area (Å²) >= 11 is 7.05. The summed E-state index contributed by atoms with van der Waals surface area (Å²) in [5.74, 6) is -0.0226. The molecule has 0 aliphatic rings. The van der Waals surface area contributed by atoms with Crippen molar-refractivity contribution < 1.29 is 14.3 Å². The van der Waals surface area contributed by atoms with Crippen molar-refractivity contribution in [1.82, 2.24) is 15.6 Å². The van der Waals surface area contributed by atoms with E-state index < -0.39 is 0 Å². The average Bonchev–Trinajstić information content (AvgIpc) is 3.31. The molecule has 8 nitrogen and oxygen atoms in total. The highest BCUT2D eigenvalue weighted by atomic mass is 35.5. The minimum absolute atomic E-state index is 0.0237. The van der Waals surface area contributed by atoms with E-state index in [9.17, 15) is 9.59 Å². The molecule has 182 valence electrons. The fraction of sp³-hybridized carbons (Fsp3) is 0.115. The molecular formula is C26H22ClN5O3S. The van der Waals surface area contributed by atoms with Crippen molar-refractivity contribution in [2.75, 3.05) is 5.32 Å². The number of amides is 2. The molecule has 1 heterocycles. The van der Waals surface area contributed by atoms with Crippen LogP contribution in [0.3, 0.4) is 0 Å². The number of carbonyl (C=O) groups excluding carboxylic acids is 2. The summed E-state index contributed by atoms with van der Waals surface area (Å²) in [7, 11) is 0. The van der Waals surface area contributed by atoms with Crippen LogP contribution in [-0.4, -0.2) is 28.2 Å². The van der Waals surface area contributed by atoms with Gasteiger partial charge in [-0.15, -0.1) is 10.2 Å². The van der Waals surface area contributed by atoms with Crippen molar-refractivity contribution in [2.45, 2.75) is 20.0 Å². The number of ether oxygens (including phenoxy) is 1. The molecule has 4 rings (SSSR count). The van der Waals surface area contributed by atoms with E-state index in [1.54, 1.807) is 12.1 Å². The molecule has 0 spiro atoms. The van der Waals surface area contributed by atoms with Gasteiger partial charge in [0.1, 0.15) is 17.4 Å². The topological polar surface area (TPSA) is 106 Å². The number of halogens is 1. The summed E-state index contributed by atoms with van der Waals surface area (Å²) < 4.78 is 5.89. The number of anilines is 1. The molecule has 10 heteroatoms. The number of hydrogen-bond donors (Lipinski definition) is 2. The van der Waals surface area contributed by atoms with Crippen molar-refractivity contribution in [2.24, 2.45) is 5.10 Å². The maximum Gasteiger partial charge on any atom is 0.257 e. The molecule has 0 aliphatic heterocycles. The molecule has 36 heavy (non-hydrogen) atoms. The number of para-hydroxylation sites is 1. The van der Waals surface area contributed by atoms with Crippen LogP contribution in [-0.2, 0) is 17.8 Å². The van der Waals surface area contributed by atoms with Crippen LogP contribution in [0.1, 0.15) is 32.1 Å². The van der Waals surface area contributed by atoms with Crippen molar-refractivity contribution >= 4 is 46.1 Å². The van der Waals surface area contributed by atoms with Crippen LogP contribution in [0.25, 0.3) is 0 Å². The molecule has 3 aromatic carbocycles. The Kier molecular flexibility index (Phi) is 8.38. The van der Waals surface area contributed by atoms with Gasteiger partial charge in [0, 0.05) is 16.1 Å². The highest BCUT2D eigenvalue weighted by molar-refractivity contribution is 7.15. The lowest BCUT2D eigenvalue weighted by Crippen LogP contribution is -2.19. The van der Waals surface area contributed by atoms with Crippen LogP contribution >= 0.6 is 22.9 Å². The largest absolute Gasteiger partial charge is 0.488 e. The van der Waals surface area contributed by atoms with Gasteiger partial charge in [-0.2, -0.15) is 5.10 Å². The lowest BCUT2D eigenvalue weighted by atomic mass is 10.1. The molecule has 0 saturated carbocycles. The van der Waals surface area contributed by atoms with E-state index in [1.807, 2.05) is 67.6 Å². The van der Waals surface area contributed by atoms with E-state index in [0.29, 0.717) is 38.6 Å². The number of carbonyl (C=O) groups is 2. The Labute approximate surface area is 217 Å². The molecule has 0 atom stereocenters. The average molecular weight is 520 g/mol. The summed E-state index contributed by atoms with van der Waals surface area (Å²) in [5.41, 5.74) is 5.75. The summed E-state index contributed by atoms with van der Waals surface area (Å²) in [6, 6.07) is 22.0. The van der Waals surface area contributed by atoms with Crippen LogP contribution in [0.4, 0.5) is 5.13 Å². The minimum atomic E-state index is -0.363. The highest BCUT2D eigenvalue weighted by Crippen LogP contribution is 2.19. The van der Waals surface area contributed by atoms with Gasteiger partial charge < -0.3 is 4.74 Å². The van der Waals surface area contributed by atoms with Gasteiger partial charge in [-0.25, -0.2) is 5.43 Å². The lowest BCUT2D eigenvalue weighted by Gasteiger charge is -2.09. The van der Waals surface area contributed by atoms with Crippen molar-refractivity contribution in [3.8, 4) is 5.75 Å². The summed E-state index contributed by atoms with van der Waals surface area (Å²) in [4.78, 5) is 24.6. The number of nitrogens with one attached hydrogen (secondary N) is 2. The maximum atomic E-state index is 12.3. The molecule has 0 unspecified atom stereocenters. The number of nitrogens with zero attached hydrogens (tertiary/aromatic N) is 3. The second-order valence-corrected chi connectivity index (χ2v) is 9.24. The molecule has 2 N–H and O–H groups in total. The maximum absolute atomic E-state index is 12.3. The Morgan fingerprint density at radius 2 is 1.78 bits per heavy atom. The Balaban J connectivity index is 1.28. The lowest BCUT2D eigenvalue weighted by molar-refractivity contribution is -0.120. The first-order chi connectivity index (χ1) is 17.5. The molecule has 0 saturated heterocycles. The predicted octanol–water partition coefficient (Wildman–Crippen LogP) is 5.02. The summed E-state index contributed by atoms with van der Waals surface area (Å²) in [6.07, 6.45) is 1.49. The fourth-order valence-electron chi connectivity index (χ4n) is 3.06. The number of benzene rings is 3. The quantitative estimate of drug-likeness (QED) is 0.238. The van der Waals surface area contributed by atoms with Gasteiger partial charge in [0.2, 0.25) is 11.0 Å². The van der Waals surface area contributed by atoms with Crippen LogP contribution < -0.4 is 15.5 Å². The van der Waals surface area contributed by atoms with Gasteiger partial charge in [-0.3, -0.25) is 14.9 Å². The molecule has 0 bridgehead atoms. The SMILES string of the molecule is Cc1ccc(C(=O)Nc2nnc(CC(=O)N/N=C/c3ccccc3OCc3ccc(Cl)cc3)s2)cc1. The summed E-state index contributed by atoms with van der Waals surface area (Å²) in [6.45, 7) is 2.32. The third-order valence-corrected chi connectivity index (χ3v) is 6.02. The Hall–Kier alpha value is -4.08. The number of hydrogen-bond acceptors (Lipinski definition) is 7. The molecule has 1 aromatic heterocycles. The monoisotopic (exact) mass is 519 g/mol. The van der Waals surface area contributed by atoms with Crippen LogP contribution in [0.5, 0.6) is 5.75 Å². The third-order valence-electron chi connectivity index (χ3n) is 4.93. The van der Waals surface area contributed by atoms with E-state index in [1.165, 1.54) is 6.21 Å². The normalized spacial score (nSPS) is 10.8. The number of rotatable bonds is 9. The van der Waals surface area contributed by atoms with E-state index in [-0.39, 0.29) is 18.2 Å². The zero-order chi connectivity index (χ0) is 25.3. The van der Waals surface area contributed by atoms with Gasteiger partial charge >= 0.3 is 0 Å². The van der Waals surface area contributed by atoms with Crippen LogP contribution in [0.15, 0.2) is 77.9 Å². The van der Waals surface area contributed by atoms with Gasteiger partial charge in [0.05, 0.1) is 12.6 Å². The zero-order valence-electron chi connectivity index (χ0n) is 19.3. The van der Waals surface area contributed by atoms with Gasteiger partial charge in [-0.05, 0) is 48.9 Å². The van der Waals surface area contributed by atoms with E-state index in [2.05, 4.69) is 26.0 Å².